The van der Waals surface area contributed by atoms with Crippen molar-refractivity contribution in [3.05, 3.63) is 29.8 Å². The molecule has 0 saturated carbocycles. The van der Waals surface area contributed by atoms with E-state index in [4.69, 9.17) is 18.9 Å². The number of carbonyl (C=O) groups is 3. The van der Waals surface area contributed by atoms with E-state index in [0.717, 1.165) is 4.90 Å². The average molecular weight is 440 g/mol. The van der Waals surface area contributed by atoms with Gasteiger partial charge in [-0.3, -0.25) is 0 Å². The molecular formula is C22H33NO8. The molecule has 31 heavy (non-hydrogen) atoms. The van der Waals surface area contributed by atoms with Gasteiger partial charge in [-0.15, -0.1) is 0 Å². The first-order valence-corrected chi connectivity index (χ1v) is 9.95. The Hall–Kier alpha value is -2.81. The first kappa shape index (κ1) is 26.2. The van der Waals surface area contributed by atoms with E-state index in [-0.39, 0.29) is 26.4 Å². The Labute approximate surface area is 183 Å². The lowest BCUT2D eigenvalue weighted by Crippen LogP contribution is -2.45. The Bertz CT molecular complexity index is 703. The number of esters is 1. The molecule has 0 radical (unpaired) electrons. The summed E-state index contributed by atoms with van der Waals surface area (Å²) in [5, 5.41) is 0. The smallest absolute Gasteiger partial charge is 0.419 e. The molecule has 2 amide bonds. The number of hydrogen-bond donors (Lipinski definition) is 0. The second kappa shape index (κ2) is 11.5. The molecule has 0 heterocycles. The van der Waals surface area contributed by atoms with Crippen LogP contribution in [-0.4, -0.2) is 67.7 Å². The molecule has 0 fully saturated rings. The molecule has 0 aliphatic carbocycles. The molecule has 0 atom stereocenters. The predicted octanol–water partition coefficient (Wildman–Crippen LogP) is 4.04. The zero-order valence-electron chi connectivity index (χ0n) is 19.4. The number of imide groups is 1. The minimum absolute atomic E-state index is 0.0301. The van der Waals surface area contributed by atoms with Crippen molar-refractivity contribution < 1.29 is 38.1 Å². The van der Waals surface area contributed by atoms with E-state index in [1.54, 1.807) is 65.8 Å². The van der Waals surface area contributed by atoms with Crippen LogP contribution in [0.3, 0.4) is 0 Å². The normalized spacial score (nSPS) is 11.5. The monoisotopic (exact) mass is 439 g/mol. The van der Waals surface area contributed by atoms with E-state index in [1.807, 2.05) is 0 Å². The third kappa shape index (κ3) is 10.7. The van der Waals surface area contributed by atoms with Crippen LogP contribution in [0.15, 0.2) is 24.3 Å². The first-order chi connectivity index (χ1) is 14.3. The maximum Gasteiger partial charge on any atom is 0.419 e. The lowest BCUT2D eigenvalue weighted by molar-refractivity contribution is -0.00554. The Morgan fingerprint density at radius 1 is 0.806 bits per heavy atom. The van der Waals surface area contributed by atoms with Crippen molar-refractivity contribution in [3.63, 3.8) is 0 Å². The molecule has 0 aromatic heterocycles. The van der Waals surface area contributed by atoms with E-state index < -0.39 is 29.4 Å². The number of nitrogens with zero attached hydrogens (tertiary/aromatic N) is 1. The zero-order chi connectivity index (χ0) is 23.7. The Morgan fingerprint density at radius 3 is 1.77 bits per heavy atom. The van der Waals surface area contributed by atoms with Crippen molar-refractivity contribution in [1.82, 2.24) is 4.90 Å². The van der Waals surface area contributed by atoms with Crippen LogP contribution in [0.5, 0.6) is 5.75 Å². The van der Waals surface area contributed by atoms with Crippen LogP contribution in [0.2, 0.25) is 0 Å². The standard InChI is InChI=1S/C22H33NO8/c1-21(2,3)30-19(25)23(20(26)31-22(4,5)6)12-13-28-14-15-29-17-10-8-16(9-11-17)18(24)27-7/h8-11H,12-15H2,1-7H3. The van der Waals surface area contributed by atoms with Crippen molar-refractivity contribution in [2.45, 2.75) is 52.7 Å². The summed E-state index contributed by atoms with van der Waals surface area (Å²) in [4.78, 5) is 37.0. The molecule has 0 bridgehead atoms. The molecule has 0 saturated heterocycles. The van der Waals surface area contributed by atoms with Gasteiger partial charge in [-0.05, 0) is 65.8 Å². The third-order valence-corrected chi connectivity index (χ3v) is 3.46. The van der Waals surface area contributed by atoms with Crippen LogP contribution in [0.4, 0.5) is 9.59 Å². The predicted molar refractivity (Wildman–Crippen MR) is 113 cm³/mol. The van der Waals surface area contributed by atoms with Gasteiger partial charge in [0.05, 0.1) is 32.4 Å². The molecule has 0 spiro atoms. The minimum atomic E-state index is -0.799. The fourth-order valence-corrected chi connectivity index (χ4v) is 2.17. The lowest BCUT2D eigenvalue weighted by atomic mass is 10.2. The molecule has 9 nitrogen and oxygen atoms in total. The van der Waals surface area contributed by atoms with Crippen LogP contribution in [0, 0.1) is 0 Å². The van der Waals surface area contributed by atoms with Gasteiger partial charge in [-0.25, -0.2) is 19.3 Å². The van der Waals surface area contributed by atoms with Gasteiger partial charge < -0.3 is 23.7 Å². The molecule has 1 aromatic rings. The summed E-state index contributed by atoms with van der Waals surface area (Å²) in [7, 11) is 1.32. The highest BCUT2D eigenvalue weighted by Gasteiger charge is 2.30. The molecule has 174 valence electrons. The summed E-state index contributed by atoms with van der Waals surface area (Å²) < 4.78 is 26.2. The summed E-state index contributed by atoms with van der Waals surface area (Å²) in [6.07, 6.45) is -1.60. The highest BCUT2D eigenvalue weighted by atomic mass is 16.6. The number of benzene rings is 1. The molecule has 1 aromatic carbocycles. The number of rotatable bonds is 8. The number of methoxy groups -OCH3 is 1. The maximum absolute atomic E-state index is 12.4. The fourth-order valence-electron chi connectivity index (χ4n) is 2.17. The van der Waals surface area contributed by atoms with Gasteiger partial charge in [0.2, 0.25) is 0 Å². The largest absolute Gasteiger partial charge is 0.491 e. The number of amides is 2. The van der Waals surface area contributed by atoms with Gasteiger partial charge in [0, 0.05) is 0 Å². The van der Waals surface area contributed by atoms with E-state index in [9.17, 15) is 14.4 Å². The minimum Gasteiger partial charge on any atom is -0.491 e. The first-order valence-electron chi connectivity index (χ1n) is 9.95. The van der Waals surface area contributed by atoms with Gasteiger partial charge in [-0.1, -0.05) is 0 Å². The highest BCUT2D eigenvalue weighted by Crippen LogP contribution is 2.15. The second-order valence-electron chi connectivity index (χ2n) is 8.59. The van der Waals surface area contributed by atoms with Crippen LogP contribution in [0.25, 0.3) is 0 Å². The summed E-state index contributed by atoms with van der Waals surface area (Å²) in [5.41, 5.74) is -1.08. The SMILES string of the molecule is COC(=O)c1ccc(OCCOCCN(C(=O)OC(C)(C)C)C(=O)OC(C)(C)C)cc1. The van der Waals surface area contributed by atoms with E-state index >= 15 is 0 Å². The van der Waals surface area contributed by atoms with Crippen molar-refractivity contribution >= 4 is 18.2 Å². The highest BCUT2D eigenvalue weighted by molar-refractivity contribution is 5.89. The Kier molecular flexibility index (Phi) is 9.77. The summed E-state index contributed by atoms with van der Waals surface area (Å²) >= 11 is 0. The summed E-state index contributed by atoms with van der Waals surface area (Å²) in [6, 6.07) is 6.50. The average Bonchev–Trinajstić information content (AvgIpc) is 2.64. The fraction of sp³-hybridized carbons (Fsp3) is 0.591. The van der Waals surface area contributed by atoms with Gasteiger partial charge in [-0.2, -0.15) is 0 Å². The van der Waals surface area contributed by atoms with Gasteiger partial charge in [0.1, 0.15) is 23.6 Å². The number of ether oxygens (including phenoxy) is 5. The summed E-state index contributed by atoms with van der Waals surface area (Å²) in [5.74, 6) is 0.148. The number of hydrogen-bond acceptors (Lipinski definition) is 8. The quantitative estimate of drug-likeness (QED) is 0.340. The van der Waals surface area contributed by atoms with Gasteiger partial charge >= 0.3 is 18.2 Å². The van der Waals surface area contributed by atoms with Crippen molar-refractivity contribution in [2.75, 3.05) is 33.5 Å². The van der Waals surface area contributed by atoms with Crippen molar-refractivity contribution in [2.24, 2.45) is 0 Å². The molecule has 0 N–H and O–H groups in total. The van der Waals surface area contributed by atoms with Gasteiger partial charge in [0.15, 0.2) is 0 Å². The molecule has 9 heteroatoms. The van der Waals surface area contributed by atoms with Crippen LogP contribution in [-0.2, 0) is 18.9 Å². The molecule has 0 aliphatic heterocycles. The third-order valence-electron chi connectivity index (χ3n) is 3.46. The van der Waals surface area contributed by atoms with Crippen molar-refractivity contribution in [1.29, 1.82) is 0 Å². The molecule has 1 rings (SSSR count). The van der Waals surface area contributed by atoms with Crippen LogP contribution < -0.4 is 4.74 Å². The summed E-state index contributed by atoms with van der Waals surface area (Å²) in [6.45, 7) is 10.8. The Balaban J connectivity index is 2.49. The lowest BCUT2D eigenvalue weighted by Gasteiger charge is -2.28. The van der Waals surface area contributed by atoms with E-state index in [0.29, 0.717) is 11.3 Å². The molecule has 0 aliphatic rings. The van der Waals surface area contributed by atoms with E-state index in [2.05, 4.69) is 4.74 Å². The number of carbonyl (C=O) groups excluding carboxylic acids is 3. The molecule has 0 unspecified atom stereocenters. The van der Waals surface area contributed by atoms with Crippen LogP contribution in [0.1, 0.15) is 51.9 Å². The van der Waals surface area contributed by atoms with E-state index in [1.165, 1.54) is 7.11 Å². The van der Waals surface area contributed by atoms with Crippen LogP contribution >= 0.6 is 0 Å². The van der Waals surface area contributed by atoms with Crippen molar-refractivity contribution in [3.8, 4) is 5.75 Å². The van der Waals surface area contributed by atoms with Gasteiger partial charge in [0.25, 0.3) is 0 Å². The topological polar surface area (TPSA) is 101 Å². The zero-order valence-corrected chi connectivity index (χ0v) is 19.4. The molecular weight excluding hydrogens is 406 g/mol. The maximum atomic E-state index is 12.4. The second-order valence-corrected chi connectivity index (χ2v) is 8.59. The Morgan fingerprint density at radius 2 is 1.32 bits per heavy atom.